The summed E-state index contributed by atoms with van der Waals surface area (Å²) in [6, 6.07) is 13.0. The molecule has 5 nitrogen and oxygen atoms in total. The van der Waals surface area contributed by atoms with Crippen LogP contribution in [-0.4, -0.2) is 23.5 Å². The SMILES string of the molecule is CCOC(=O)c1noc(C)c1C(=O)c1cccc2ccccc12. The first kappa shape index (κ1) is 15.0. The van der Waals surface area contributed by atoms with Crippen LogP contribution in [0.3, 0.4) is 0 Å². The van der Waals surface area contributed by atoms with Crippen molar-refractivity contribution in [3.05, 3.63) is 65.0 Å². The molecule has 0 amide bonds. The van der Waals surface area contributed by atoms with Gasteiger partial charge in [0.25, 0.3) is 0 Å². The van der Waals surface area contributed by atoms with Crippen molar-refractivity contribution in [2.45, 2.75) is 13.8 Å². The summed E-state index contributed by atoms with van der Waals surface area (Å²) in [5.41, 5.74) is 0.571. The number of fused-ring (bicyclic) bond motifs is 1. The van der Waals surface area contributed by atoms with E-state index >= 15 is 0 Å². The van der Waals surface area contributed by atoms with Gasteiger partial charge < -0.3 is 9.26 Å². The van der Waals surface area contributed by atoms with Gasteiger partial charge in [-0.25, -0.2) is 4.79 Å². The van der Waals surface area contributed by atoms with E-state index in [1.54, 1.807) is 19.9 Å². The Balaban J connectivity index is 2.14. The first-order valence-electron chi connectivity index (χ1n) is 7.29. The maximum atomic E-state index is 13.0. The molecule has 0 spiro atoms. The lowest BCUT2D eigenvalue weighted by atomic mass is 9.96. The Kier molecular flexibility index (Phi) is 3.93. The summed E-state index contributed by atoms with van der Waals surface area (Å²) in [6.07, 6.45) is 0. The second-order valence-corrected chi connectivity index (χ2v) is 5.04. The van der Waals surface area contributed by atoms with Crippen molar-refractivity contribution in [1.29, 1.82) is 0 Å². The van der Waals surface area contributed by atoms with Gasteiger partial charge in [-0.3, -0.25) is 4.79 Å². The van der Waals surface area contributed by atoms with Crippen LogP contribution in [0.4, 0.5) is 0 Å². The van der Waals surface area contributed by atoms with E-state index in [2.05, 4.69) is 5.16 Å². The summed E-state index contributed by atoms with van der Waals surface area (Å²) < 4.78 is 9.99. The number of hydrogen-bond acceptors (Lipinski definition) is 5. The molecule has 0 atom stereocenters. The molecule has 2 aromatic carbocycles. The number of nitrogens with zero attached hydrogens (tertiary/aromatic N) is 1. The van der Waals surface area contributed by atoms with E-state index < -0.39 is 5.97 Å². The zero-order chi connectivity index (χ0) is 16.4. The van der Waals surface area contributed by atoms with Crippen molar-refractivity contribution in [3.8, 4) is 0 Å². The first-order chi connectivity index (χ1) is 11.1. The Morgan fingerprint density at radius 1 is 1.13 bits per heavy atom. The first-order valence-corrected chi connectivity index (χ1v) is 7.29. The van der Waals surface area contributed by atoms with E-state index in [1.807, 2.05) is 36.4 Å². The molecular weight excluding hydrogens is 294 g/mol. The molecule has 0 N–H and O–H groups in total. The molecule has 23 heavy (non-hydrogen) atoms. The lowest BCUT2D eigenvalue weighted by Crippen LogP contribution is -2.13. The van der Waals surface area contributed by atoms with Gasteiger partial charge in [-0.2, -0.15) is 0 Å². The van der Waals surface area contributed by atoms with Gasteiger partial charge in [0.1, 0.15) is 5.76 Å². The lowest BCUT2D eigenvalue weighted by Gasteiger charge is -2.06. The maximum Gasteiger partial charge on any atom is 0.361 e. The number of rotatable bonds is 4. The van der Waals surface area contributed by atoms with Crippen molar-refractivity contribution in [2.24, 2.45) is 0 Å². The number of carbonyl (C=O) groups excluding carboxylic acids is 2. The minimum absolute atomic E-state index is 0.0812. The molecule has 0 saturated carbocycles. The standard InChI is InChI=1S/C18H15NO4/c1-3-22-18(21)16-15(11(2)23-19-16)17(20)14-10-6-8-12-7-4-5-9-13(12)14/h4-10H,3H2,1-2H3. The molecule has 0 aliphatic rings. The summed E-state index contributed by atoms with van der Waals surface area (Å²) in [4.78, 5) is 24.9. The molecule has 0 unspecified atom stereocenters. The zero-order valence-corrected chi connectivity index (χ0v) is 12.8. The van der Waals surface area contributed by atoms with E-state index in [0.29, 0.717) is 11.3 Å². The summed E-state index contributed by atoms with van der Waals surface area (Å²) in [7, 11) is 0. The number of hydrogen-bond donors (Lipinski definition) is 0. The van der Waals surface area contributed by atoms with Crippen molar-refractivity contribution in [1.82, 2.24) is 5.16 Å². The van der Waals surface area contributed by atoms with Gasteiger partial charge in [0, 0.05) is 5.56 Å². The molecule has 0 radical (unpaired) electrons. The number of ketones is 1. The van der Waals surface area contributed by atoms with Gasteiger partial charge in [-0.1, -0.05) is 47.6 Å². The van der Waals surface area contributed by atoms with Crippen molar-refractivity contribution < 1.29 is 18.8 Å². The molecule has 3 aromatic rings. The highest BCUT2D eigenvalue weighted by molar-refractivity contribution is 6.19. The number of aromatic nitrogens is 1. The third-order valence-corrected chi connectivity index (χ3v) is 3.59. The molecule has 0 saturated heterocycles. The number of ether oxygens (including phenoxy) is 1. The Morgan fingerprint density at radius 3 is 2.65 bits per heavy atom. The molecule has 0 fully saturated rings. The van der Waals surface area contributed by atoms with Crippen molar-refractivity contribution >= 4 is 22.5 Å². The van der Waals surface area contributed by atoms with Gasteiger partial charge in [-0.15, -0.1) is 0 Å². The average molecular weight is 309 g/mol. The minimum atomic E-state index is -0.659. The summed E-state index contributed by atoms with van der Waals surface area (Å²) in [5.74, 6) is -0.664. The second kappa shape index (κ2) is 6.04. The molecule has 0 bridgehead atoms. The molecule has 0 aliphatic heterocycles. The molecule has 116 valence electrons. The highest BCUT2D eigenvalue weighted by atomic mass is 16.5. The van der Waals surface area contributed by atoms with Gasteiger partial charge >= 0.3 is 5.97 Å². The third-order valence-electron chi connectivity index (χ3n) is 3.59. The summed E-state index contributed by atoms with van der Waals surface area (Å²) in [5, 5.41) is 5.45. The quantitative estimate of drug-likeness (QED) is 0.544. The van der Waals surface area contributed by atoms with E-state index in [4.69, 9.17) is 9.26 Å². The molecule has 1 aromatic heterocycles. The third kappa shape index (κ3) is 2.61. The molecule has 1 heterocycles. The van der Waals surface area contributed by atoms with Crippen LogP contribution in [0.5, 0.6) is 0 Å². The number of benzene rings is 2. The lowest BCUT2D eigenvalue weighted by molar-refractivity contribution is 0.0512. The topological polar surface area (TPSA) is 69.4 Å². The highest BCUT2D eigenvalue weighted by Crippen LogP contribution is 2.24. The van der Waals surface area contributed by atoms with Gasteiger partial charge in [0.05, 0.1) is 12.2 Å². The number of esters is 1. The van der Waals surface area contributed by atoms with Crippen LogP contribution in [0.25, 0.3) is 10.8 Å². The molecule has 5 heteroatoms. The fraction of sp³-hybridized carbons (Fsp3) is 0.167. The van der Waals surface area contributed by atoms with Gasteiger partial charge in [0.2, 0.25) is 5.69 Å². The molecule has 3 rings (SSSR count). The molecular formula is C18H15NO4. The smallest absolute Gasteiger partial charge is 0.361 e. The van der Waals surface area contributed by atoms with Gasteiger partial charge in [0.15, 0.2) is 5.78 Å². The Morgan fingerprint density at radius 2 is 1.87 bits per heavy atom. The highest BCUT2D eigenvalue weighted by Gasteiger charge is 2.27. The number of aryl methyl sites for hydroxylation is 1. The average Bonchev–Trinajstić information content (AvgIpc) is 2.95. The predicted octanol–water partition coefficient (Wildman–Crippen LogP) is 3.54. The van der Waals surface area contributed by atoms with E-state index in [9.17, 15) is 9.59 Å². The number of carbonyl (C=O) groups is 2. The van der Waals surface area contributed by atoms with Crippen LogP contribution >= 0.6 is 0 Å². The Labute approximate surface area is 132 Å². The fourth-order valence-corrected chi connectivity index (χ4v) is 2.54. The van der Waals surface area contributed by atoms with E-state index in [-0.39, 0.29) is 23.6 Å². The van der Waals surface area contributed by atoms with Crippen molar-refractivity contribution in [3.63, 3.8) is 0 Å². The Bertz CT molecular complexity index is 890. The van der Waals surface area contributed by atoms with Crippen LogP contribution in [0.1, 0.15) is 39.1 Å². The normalized spacial score (nSPS) is 10.7. The van der Waals surface area contributed by atoms with E-state index in [0.717, 1.165) is 10.8 Å². The summed E-state index contributed by atoms with van der Waals surface area (Å²) in [6.45, 7) is 3.50. The monoisotopic (exact) mass is 309 g/mol. The fourth-order valence-electron chi connectivity index (χ4n) is 2.54. The second-order valence-electron chi connectivity index (χ2n) is 5.04. The van der Waals surface area contributed by atoms with Crippen LogP contribution in [-0.2, 0) is 4.74 Å². The predicted molar refractivity (Wildman–Crippen MR) is 84.6 cm³/mol. The summed E-state index contributed by atoms with van der Waals surface area (Å²) >= 11 is 0. The van der Waals surface area contributed by atoms with Crippen LogP contribution in [0, 0.1) is 6.92 Å². The van der Waals surface area contributed by atoms with Crippen LogP contribution in [0.2, 0.25) is 0 Å². The van der Waals surface area contributed by atoms with Crippen molar-refractivity contribution in [2.75, 3.05) is 6.61 Å². The van der Waals surface area contributed by atoms with Crippen LogP contribution in [0.15, 0.2) is 47.0 Å². The molecule has 0 aliphatic carbocycles. The zero-order valence-electron chi connectivity index (χ0n) is 12.8. The van der Waals surface area contributed by atoms with Crippen LogP contribution < -0.4 is 0 Å². The minimum Gasteiger partial charge on any atom is -0.461 e. The maximum absolute atomic E-state index is 13.0. The van der Waals surface area contributed by atoms with Gasteiger partial charge in [-0.05, 0) is 24.6 Å². The largest absolute Gasteiger partial charge is 0.461 e. The van der Waals surface area contributed by atoms with E-state index in [1.165, 1.54) is 0 Å². The Hall–Kier alpha value is -2.95.